The Hall–Kier alpha value is -3.34. The molecule has 290 valence electrons. The Labute approximate surface area is 319 Å². The van der Waals surface area contributed by atoms with E-state index in [-0.39, 0.29) is 68.2 Å². The second kappa shape index (κ2) is 17.4. The van der Waals surface area contributed by atoms with Crippen LogP contribution in [0.4, 0.5) is 4.79 Å². The number of amides is 3. The van der Waals surface area contributed by atoms with E-state index >= 15 is 0 Å². The molecule has 3 heterocycles. The van der Waals surface area contributed by atoms with Crippen LogP contribution in [-0.4, -0.2) is 78.1 Å². The number of carbonyl (C=O) groups excluding carboxylic acids is 5. The molecule has 1 aromatic rings. The van der Waals surface area contributed by atoms with E-state index in [4.69, 9.17) is 6.42 Å². The molecule has 13 heteroatoms. The molecule has 11 nitrogen and oxygen atoms in total. The molecular weight excluding hydrogens is 713 g/mol. The van der Waals surface area contributed by atoms with Gasteiger partial charge in [-0.25, -0.2) is 13.2 Å². The Bertz CT molecular complexity index is 1700. The number of Topliss-reactive ketones (excluding diaryl/α,β-unsaturated/α-hetero) is 3. The second-order valence-corrected chi connectivity index (χ2v) is 19.3. The van der Waals surface area contributed by atoms with Crippen molar-refractivity contribution in [3.63, 3.8) is 0 Å². The number of nitrogens with zero attached hydrogens (tertiary/aromatic N) is 2. The number of fused-ring (bicyclic) bond motifs is 2. The topological polar surface area (TPSA) is 150 Å². The maximum atomic E-state index is 14.8. The minimum atomic E-state index is -3.68. The normalized spacial score (nSPS) is 24.3. The summed E-state index contributed by atoms with van der Waals surface area (Å²) in [6.07, 6.45) is 14.8. The standard InChI is InChI=1S/C40H56N4O7S2/c1-6-8-14-27(37(47)30(45)19-9-7-2)22-31(46)36-29-18-13-17-28(29)23-44(36)38(48)35(26-15-11-10-12-16-26)42-39(49)41-34(40(3,4)5)25-43-24-32-33(20-21-52-32)53(43,50)51/h1,7,20-21,26-29,34-36H,2,8-19,22-25H2,3-5H3,(H2,41,42,49)/t27?,28-,29-,34+,35-,36-/m0/s1. The third-order valence-electron chi connectivity index (χ3n) is 11.9. The van der Waals surface area contributed by atoms with Gasteiger partial charge in [0, 0.05) is 55.7 Å². The summed E-state index contributed by atoms with van der Waals surface area (Å²) in [6.45, 7) is 10.2. The number of sulfonamides is 1. The first-order valence-electron chi connectivity index (χ1n) is 19.3. The zero-order valence-electron chi connectivity index (χ0n) is 31.4. The zero-order chi connectivity index (χ0) is 38.5. The van der Waals surface area contributed by atoms with Gasteiger partial charge in [0.25, 0.3) is 0 Å². The van der Waals surface area contributed by atoms with Crippen LogP contribution in [0.25, 0.3) is 0 Å². The van der Waals surface area contributed by atoms with E-state index in [1.54, 1.807) is 22.4 Å². The van der Waals surface area contributed by atoms with Gasteiger partial charge >= 0.3 is 6.03 Å². The monoisotopic (exact) mass is 768 g/mol. The van der Waals surface area contributed by atoms with Crippen molar-refractivity contribution in [1.82, 2.24) is 19.8 Å². The molecule has 4 aliphatic rings. The number of thiophene rings is 1. The van der Waals surface area contributed by atoms with Gasteiger partial charge in [0.1, 0.15) is 6.04 Å². The molecule has 0 bridgehead atoms. The van der Waals surface area contributed by atoms with Gasteiger partial charge in [-0.05, 0) is 73.1 Å². The molecular formula is C40H56N4O7S2. The lowest BCUT2D eigenvalue weighted by molar-refractivity contribution is -0.143. The van der Waals surface area contributed by atoms with Crippen LogP contribution in [0.15, 0.2) is 29.0 Å². The third kappa shape index (κ3) is 9.31. The predicted molar refractivity (Wildman–Crippen MR) is 204 cm³/mol. The minimum absolute atomic E-state index is 0.0257. The van der Waals surface area contributed by atoms with Crippen molar-refractivity contribution in [2.24, 2.45) is 29.1 Å². The van der Waals surface area contributed by atoms with Crippen LogP contribution in [-0.2, 0) is 35.7 Å². The maximum Gasteiger partial charge on any atom is 0.315 e. The molecule has 53 heavy (non-hydrogen) atoms. The summed E-state index contributed by atoms with van der Waals surface area (Å²) in [5.74, 6) is -0.0522. The first-order chi connectivity index (χ1) is 25.2. The van der Waals surface area contributed by atoms with E-state index in [1.807, 2.05) is 20.8 Å². The van der Waals surface area contributed by atoms with Gasteiger partial charge in [0.15, 0.2) is 11.6 Å². The summed E-state index contributed by atoms with van der Waals surface area (Å²) in [5.41, 5.74) is -0.516. The summed E-state index contributed by atoms with van der Waals surface area (Å²) in [7, 11) is -3.68. The van der Waals surface area contributed by atoms with E-state index in [2.05, 4.69) is 23.1 Å². The molecule has 0 spiro atoms. The number of rotatable bonds is 16. The molecule has 0 aromatic carbocycles. The van der Waals surface area contributed by atoms with Crippen molar-refractivity contribution in [2.45, 2.75) is 134 Å². The van der Waals surface area contributed by atoms with Crippen molar-refractivity contribution < 1.29 is 32.4 Å². The highest BCUT2D eigenvalue weighted by molar-refractivity contribution is 7.89. The Morgan fingerprint density at radius 2 is 1.81 bits per heavy atom. The van der Waals surface area contributed by atoms with E-state index in [9.17, 15) is 32.4 Å². The number of ketones is 3. The molecule has 5 rings (SSSR count). The summed E-state index contributed by atoms with van der Waals surface area (Å²) in [5, 5.41) is 7.82. The molecule has 1 unspecified atom stereocenters. The number of hydrogen-bond acceptors (Lipinski definition) is 8. The van der Waals surface area contributed by atoms with Crippen LogP contribution in [0.1, 0.15) is 109 Å². The van der Waals surface area contributed by atoms with Crippen molar-refractivity contribution >= 4 is 50.6 Å². The second-order valence-electron chi connectivity index (χ2n) is 16.4. The maximum absolute atomic E-state index is 14.8. The first-order valence-corrected chi connectivity index (χ1v) is 21.6. The van der Waals surface area contributed by atoms with Crippen molar-refractivity contribution in [2.75, 3.05) is 13.1 Å². The van der Waals surface area contributed by atoms with E-state index in [1.165, 1.54) is 15.6 Å². The van der Waals surface area contributed by atoms with Crippen molar-refractivity contribution in [3.05, 3.63) is 29.0 Å². The number of allylic oxidation sites excluding steroid dienone is 1. The largest absolute Gasteiger partial charge is 0.334 e. The fourth-order valence-corrected chi connectivity index (χ4v) is 11.7. The summed E-state index contributed by atoms with van der Waals surface area (Å²) >= 11 is 1.40. The number of likely N-dealkylation sites (tertiary alicyclic amines) is 1. The molecule has 2 saturated carbocycles. The van der Waals surface area contributed by atoms with Crippen LogP contribution < -0.4 is 10.6 Å². The van der Waals surface area contributed by atoms with Gasteiger partial charge in [-0.15, -0.1) is 30.3 Å². The molecule has 2 N–H and O–H groups in total. The van der Waals surface area contributed by atoms with E-state index in [0.717, 1.165) is 56.2 Å². The number of urea groups is 1. The van der Waals surface area contributed by atoms with Crippen LogP contribution >= 0.6 is 11.3 Å². The predicted octanol–water partition coefficient (Wildman–Crippen LogP) is 5.64. The average Bonchev–Trinajstić information content (AvgIpc) is 3.90. The van der Waals surface area contributed by atoms with E-state index in [0.29, 0.717) is 17.9 Å². The van der Waals surface area contributed by atoms with Crippen molar-refractivity contribution in [1.29, 1.82) is 0 Å². The lowest BCUT2D eigenvalue weighted by Crippen LogP contribution is -2.60. The molecule has 1 saturated heterocycles. The highest BCUT2D eigenvalue weighted by Gasteiger charge is 2.51. The van der Waals surface area contributed by atoms with Gasteiger partial charge in [-0.2, -0.15) is 4.31 Å². The SMILES string of the molecule is C#CCCC(CC(=O)[C@@H]1[C@H]2CCC[C@H]2CN1C(=O)[C@@H](NC(=O)N[C@H](CN1Cc2sccc2S1(=O)=O)C(C)(C)C)C1CCCCC1)C(=O)C(=O)CCC=C. The average molecular weight is 769 g/mol. The van der Waals surface area contributed by atoms with Crippen LogP contribution in [0.5, 0.6) is 0 Å². The van der Waals surface area contributed by atoms with Crippen LogP contribution in [0.3, 0.4) is 0 Å². The quantitative estimate of drug-likeness (QED) is 0.126. The van der Waals surface area contributed by atoms with Gasteiger partial charge in [-0.3, -0.25) is 19.2 Å². The molecule has 2 aliphatic heterocycles. The summed E-state index contributed by atoms with van der Waals surface area (Å²) in [6, 6.07) is -1.14. The molecule has 3 fully saturated rings. The highest BCUT2D eigenvalue weighted by atomic mass is 32.2. The summed E-state index contributed by atoms with van der Waals surface area (Å²) < 4.78 is 28.0. The molecule has 1 aromatic heterocycles. The number of nitrogens with one attached hydrogen (secondary N) is 2. The third-order valence-corrected chi connectivity index (χ3v) is 14.8. The molecule has 2 aliphatic carbocycles. The van der Waals surface area contributed by atoms with Crippen LogP contribution in [0, 0.1) is 41.4 Å². The smallest absolute Gasteiger partial charge is 0.315 e. The van der Waals surface area contributed by atoms with E-state index < -0.39 is 57.1 Å². The number of terminal acetylenes is 1. The van der Waals surface area contributed by atoms with Crippen LogP contribution in [0.2, 0.25) is 0 Å². The fourth-order valence-electron chi connectivity index (χ4n) is 8.80. The Balaban J connectivity index is 1.35. The van der Waals surface area contributed by atoms with Gasteiger partial charge in [0.2, 0.25) is 21.7 Å². The van der Waals surface area contributed by atoms with Gasteiger partial charge < -0.3 is 15.5 Å². The number of carbonyl (C=O) groups is 5. The molecule has 3 amide bonds. The first kappa shape index (κ1) is 40.8. The highest BCUT2D eigenvalue weighted by Crippen LogP contribution is 2.44. The zero-order valence-corrected chi connectivity index (χ0v) is 33.1. The van der Waals surface area contributed by atoms with Gasteiger partial charge in [-0.1, -0.05) is 52.5 Å². The Morgan fingerprint density at radius 1 is 1.08 bits per heavy atom. The van der Waals surface area contributed by atoms with Crippen molar-refractivity contribution in [3.8, 4) is 12.3 Å². The Kier molecular flexibility index (Phi) is 13.4. The fraction of sp³-hybridized carbons (Fsp3) is 0.675. The van der Waals surface area contributed by atoms with Gasteiger partial charge in [0.05, 0.1) is 10.9 Å². The molecule has 6 atom stereocenters. The lowest BCUT2D eigenvalue weighted by atomic mass is 9.82. The molecule has 0 radical (unpaired) electrons. The minimum Gasteiger partial charge on any atom is -0.334 e. The summed E-state index contributed by atoms with van der Waals surface area (Å²) in [4.78, 5) is 71.7. The Morgan fingerprint density at radius 3 is 2.47 bits per heavy atom. The lowest BCUT2D eigenvalue weighted by Gasteiger charge is -2.37. The number of hydrogen-bond donors (Lipinski definition) is 2.